The number of nitrogens with zero attached hydrogens (tertiary/aromatic N) is 4. The Morgan fingerprint density at radius 2 is 1.66 bits per heavy atom. The summed E-state index contributed by atoms with van der Waals surface area (Å²) in [6, 6.07) is 7.73. The van der Waals surface area contributed by atoms with Crippen LogP contribution in [0.1, 0.15) is 92.6 Å². The molecule has 1 aliphatic carbocycles. The van der Waals surface area contributed by atoms with Crippen LogP contribution in [0.2, 0.25) is 0 Å². The molecule has 3 aliphatic rings. The first-order chi connectivity index (χ1) is 29.1. The Morgan fingerprint density at radius 1 is 0.918 bits per heavy atom. The van der Waals surface area contributed by atoms with E-state index in [-0.39, 0.29) is 82.8 Å². The average Bonchev–Trinajstić information content (AvgIpc) is 4.03. The van der Waals surface area contributed by atoms with Crippen molar-refractivity contribution >= 4 is 63.6 Å². The number of unbranched alkanes of at least 4 members (excludes halogenated alkanes) is 1. The molecule has 1 unspecified atom stereocenters. The van der Waals surface area contributed by atoms with Crippen molar-refractivity contribution in [3.63, 3.8) is 0 Å². The zero-order chi connectivity index (χ0) is 43.7. The standard InChI is InChI=1S/C42H42F3N9O7/c1-21(53(3)31-8-6-7-24-34(31)41(61)54(40(24)60)32-13-14-33(55)52-39(32)59)36(56)47-15-4-5-16-48-38(58)29-12-9-22(19-49-29)25-17-26-30(18-28(25)42(43,44)45)50-20-27(35(26)46-2)37(57)51-23-10-11-23/h6-9,12,17-21,23,32H,4-5,10-11,13-16H2,1-3H3,(H,46,50)(H,47,56)(H,48,58)(H,51,57)(H,52,55,59)/t21-,32?/m1/s1. The van der Waals surface area contributed by atoms with Gasteiger partial charge in [0.1, 0.15) is 17.8 Å². The second kappa shape index (κ2) is 17.0. The van der Waals surface area contributed by atoms with Gasteiger partial charge in [0.25, 0.3) is 23.6 Å². The fourth-order valence-electron chi connectivity index (χ4n) is 7.41. The van der Waals surface area contributed by atoms with Crippen molar-refractivity contribution < 1.29 is 46.7 Å². The molecule has 0 bridgehead atoms. The number of piperidine rings is 1. The first kappa shape index (κ1) is 42.2. The van der Waals surface area contributed by atoms with Crippen LogP contribution in [0.4, 0.5) is 24.5 Å². The van der Waals surface area contributed by atoms with Crippen LogP contribution in [0.15, 0.2) is 54.9 Å². The first-order valence-electron chi connectivity index (χ1n) is 19.7. The number of aromatic nitrogens is 2. The van der Waals surface area contributed by atoms with E-state index < -0.39 is 53.4 Å². The van der Waals surface area contributed by atoms with Crippen LogP contribution >= 0.6 is 0 Å². The summed E-state index contributed by atoms with van der Waals surface area (Å²) in [5.41, 5.74) is -0.0315. The van der Waals surface area contributed by atoms with Gasteiger partial charge in [0.2, 0.25) is 17.7 Å². The Labute approximate surface area is 347 Å². The van der Waals surface area contributed by atoms with Gasteiger partial charge >= 0.3 is 6.18 Å². The Bertz CT molecular complexity index is 2470. The molecule has 0 spiro atoms. The quantitative estimate of drug-likeness (QED) is 0.0911. The zero-order valence-electron chi connectivity index (χ0n) is 33.4. The topological polar surface area (TPSA) is 212 Å². The summed E-state index contributed by atoms with van der Waals surface area (Å²) in [7, 11) is 3.17. The van der Waals surface area contributed by atoms with Crippen molar-refractivity contribution in [3.05, 3.63) is 82.8 Å². The van der Waals surface area contributed by atoms with Crippen LogP contribution in [0.25, 0.3) is 22.0 Å². The number of alkyl halides is 3. The minimum atomic E-state index is -4.75. The number of pyridine rings is 2. The molecule has 2 aromatic carbocycles. The van der Waals surface area contributed by atoms with Gasteiger partial charge in [0.15, 0.2) is 0 Å². The van der Waals surface area contributed by atoms with Crippen molar-refractivity contribution in [2.75, 3.05) is 37.4 Å². The number of amides is 7. The van der Waals surface area contributed by atoms with Gasteiger partial charge in [-0.2, -0.15) is 13.2 Å². The third kappa shape index (κ3) is 8.58. The Hall–Kier alpha value is -6.92. The number of likely N-dealkylation sites (N-methyl/N-ethyl adjacent to an activating group) is 1. The van der Waals surface area contributed by atoms with Gasteiger partial charge in [0.05, 0.1) is 39.1 Å². The van der Waals surface area contributed by atoms with Gasteiger partial charge in [-0.25, -0.2) is 0 Å². The highest BCUT2D eigenvalue weighted by Crippen LogP contribution is 2.41. The largest absolute Gasteiger partial charge is 0.417 e. The number of benzene rings is 2. The summed E-state index contributed by atoms with van der Waals surface area (Å²) in [6.45, 7) is 2.08. The minimum Gasteiger partial charge on any atom is -0.387 e. The molecular weight excluding hydrogens is 800 g/mol. The van der Waals surface area contributed by atoms with Gasteiger partial charge in [-0.3, -0.25) is 53.7 Å². The lowest BCUT2D eigenvalue weighted by molar-refractivity contribution is -0.137. The maximum Gasteiger partial charge on any atom is 0.417 e. The molecule has 61 heavy (non-hydrogen) atoms. The monoisotopic (exact) mass is 841 g/mol. The van der Waals surface area contributed by atoms with Crippen LogP contribution in [0.3, 0.4) is 0 Å². The molecule has 2 aromatic heterocycles. The molecule has 318 valence electrons. The van der Waals surface area contributed by atoms with Gasteiger partial charge in [0, 0.05) is 63.0 Å². The summed E-state index contributed by atoms with van der Waals surface area (Å²) >= 11 is 0. The molecule has 0 radical (unpaired) electrons. The zero-order valence-corrected chi connectivity index (χ0v) is 33.4. The Kier molecular flexibility index (Phi) is 11.8. The number of fused-ring (bicyclic) bond motifs is 2. The molecule has 4 aromatic rings. The first-order valence-corrected chi connectivity index (χ1v) is 19.7. The van der Waals surface area contributed by atoms with E-state index in [1.165, 1.54) is 36.7 Å². The van der Waals surface area contributed by atoms with Crippen molar-refractivity contribution in [2.45, 2.75) is 69.8 Å². The lowest BCUT2D eigenvalue weighted by Gasteiger charge is -2.29. The summed E-state index contributed by atoms with van der Waals surface area (Å²) in [6.07, 6.45) is 0.333. The molecule has 2 fully saturated rings. The molecule has 16 nitrogen and oxygen atoms in total. The summed E-state index contributed by atoms with van der Waals surface area (Å²) in [5.74, 6) is -3.85. The number of carbonyl (C=O) groups is 7. The molecular formula is C42H42F3N9O7. The van der Waals surface area contributed by atoms with E-state index in [9.17, 15) is 46.7 Å². The molecule has 19 heteroatoms. The van der Waals surface area contributed by atoms with Gasteiger partial charge < -0.3 is 26.2 Å². The minimum absolute atomic E-state index is 0.0116. The van der Waals surface area contributed by atoms with E-state index in [4.69, 9.17) is 0 Å². The number of anilines is 2. The van der Waals surface area contributed by atoms with E-state index in [0.717, 1.165) is 23.8 Å². The molecule has 2 atom stereocenters. The third-order valence-electron chi connectivity index (χ3n) is 11.0. The predicted molar refractivity (Wildman–Crippen MR) is 216 cm³/mol. The van der Waals surface area contributed by atoms with Crippen LogP contribution in [-0.4, -0.2) is 102 Å². The van der Waals surface area contributed by atoms with E-state index in [0.29, 0.717) is 29.6 Å². The van der Waals surface area contributed by atoms with Crippen LogP contribution in [0.5, 0.6) is 0 Å². The SMILES string of the molecule is CNc1c(C(=O)NC2CC2)cnc2cc(C(F)(F)F)c(-c3ccc(C(=O)NCCCCNC(=O)[C@@H](C)N(C)c4cccc5c4C(=O)N(C4CCC(=O)NC4=O)C5=O)nc3)cc12. The van der Waals surface area contributed by atoms with Gasteiger partial charge in [-0.15, -0.1) is 0 Å². The smallest absolute Gasteiger partial charge is 0.387 e. The fraction of sp³-hybridized carbons (Fsp3) is 0.357. The average molecular weight is 842 g/mol. The normalized spacial score (nSPS) is 16.8. The van der Waals surface area contributed by atoms with Crippen molar-refractivity contribution in [2.24, 2.45) is 0 Å². The maximum absolute atomic E-state index is 14.3. The third-order valence-corrected chi connectivity index (χ3v) is 11.0. The lowest BCUT2D eigenvalue weighted by Crippen LogP contribution is -2.54. The highest BCUT2D eigenvalue weighted by atomic mass is 19.4. The summed E-state index contributed by atoms with van der Waals surface area (Å²) in [5, 5.41) is 13.8. The van der Waals surface area contributed by atoms with E-state index >= 15 is 0 Å². The van der Waals surface area contributed by atoms with E-state index in [1.807, 2.05) is 0 Å². The molecule has 1 saturated heterocycles. The predicted octanol–water partition coefficient (Wildman–Crippen LogP) is 3.80. The molecule has 5 N–H and O–H groups in total. The number of halogens is 3. The number of rotatable bonds is 14. The van der Waals surface area contributed by atoms with E-state index in [2.05, 4.69) is 36.6 Å². The van der Waals surface area contributed by atoms with E-state index in [1.54, 1.807) is 38.1 Å². The van der Waals surface area contributed by atoms with Crippen LogP contribution < -0.4 is 31.5 Å². The number of imide groups is 2. The van der Waals surface area contributed by atoms with Gasteiger partial charge in [-0.1, -0.05) is 12.1 Å². The molecule has 7 amide bonds. The Balaban J connectivity index is 0.925. The summed E-state index contributed by atoms with van der Waals surface area (Å²) < 4.78 is 43.0. The number of carbonyl (C=O) groups excluding carboxylic acids is 7. The van der Waals surface area contributed by atoms with Crippen LogP contribution in [0, 0.1) is 0 Å². The molecule has 4 heterocycles. The van der Waals surface area contributed by atoms with Crippen molar-refractivity contribution in [3.8, 4) is 11.1 Å². The fourth-order valence-corrected chi connectivity index (χ4v) is 7.41. The Morgan fingerprint density at radius 3 is 2.31 bits per heavy atom. The highest BCUT2D eigenvalue weighted by molar-refractivity contribution is 6.25. The van der Waals surface area contributed by atoms with Crippen LogP contribution in [-0.2, 0) is 20.6 Å². The lowest BCUT2D eigenvalue weighted by atomic mass is 9.96. The number of hydrogen-bond acceptors (Lipinski definition) is 11. The molecule has 2 aliphatic heterocycles. The second-order valence-corrected chi connectivity index (χ2v) is 15.1. The second-order valence-electron chi connectivity index (χ2n) is 15.1. The number of hydrogen-bond donors (Lipinski definition) is 5. The molecule has 1 saturated carbocycles. The van der Waals surface area contributed by atoms with Crippen molar-refractivity contribution in [1.82, 2.24) is 36.1 Å². The molecule has 7 rings (SSSR count). The van der Waals surface area contributed by atoms with Crippen molar-refractivity contribution in [1.29, 1.82) is 0 Å². The van der Waals surface area contributed by atoms with Gasteiger partial charge in [-0.05, 0) is 74.9 Å². The highest BCUT2D eigenvalue weighted by Gasteiger charge is 2.46. The number of nitrogens with one attached hydrogen (secondary N) is 5. The maximum atomic E-state index is 14.3. The summed E-state index contributed by atoms with van der Waals surface area (Å²) in [4.78, 5) is 101.